The number of benzene rings is 1. The lowest BCUT2D eigenvalue weighted by Gasteiger charge is -2.31. The monoisotopic (exact) mass is 317 g/mol. The second-order valence-corrected chi connectivity index (χ2v) is 5.64. The summed E-state index contributed by atoms with van der Waals surface area (Å²) in [5.41, 5.74) is 1.52. The number of rotatable bonds is 3. The van der Waals surface area contributed by atoms with E-state index in [0.29, 0.717) is 49.7 Å². The summed E-state index contributed by atoms with van der Waals surface area (Å²) >= 11 is 0. The second-order valence-electron chi connectivity index (χ2n) is 5.64. The zero-order chi connectivity index (χ0) is 16.4. The molecule has 0 aromatic heterocycles. The highest BCUT2D eigenvalue weighted by atomic mass is 16.6. The minimum Gasteiger partial charge on any atom is -0.386 e. The number of carbonyl (C=O) groups is 1. The van der Waals surface area contributed by atoms with Gasteiger partial charge in [-0.1, -0.05) is 0 Å². The van der Waals surface area contributed by atoms with E-state index >= 15 is 0 Å². The van der Waals surface area contributed by atoms with Crippen molar-refractivity contribution >= 4 is 11.7 Å². The molecule has 1 aromatic rings. The lowest BCUT2D eigenvalue weighted by molar-refractivity contribution is 0.0551. The average Bonchev–Trinajstić information content (AvgIpc) is 3.45. The van der Waals surface area contributed by atoms with Gasteiger partial charge in [0.05, 0.1) is 31.5 Å². The molecular formula is C16H19N3O4. The quantitative estimate of drug-likeness (QED) is 0.836. The molecule has 3 rings (SSSR count). The number of epoxide rings is 1. The third-order valence-electron chi connectivity index (χ3n) is 4.14. The predicted octanol–water partition coefficient (Wildman–Crippen LogP) is 0.879. The molecule has 0 radical (unpaired) electrons. The largest absolute Gasteiger partial charge is 0.386 e. The lowest BCUT2D eigenvalue weighted by atomic mass is 10.00. The van der Waals surface area contributed by atoms with E-state index in [1.807, 2.05) is 0 Å². The smallest absolute Gasteiger partial charge is 0.324 e. The van der Waals surface area contributed by atoms with E-state index in [4.69, 9.17) is 9.47 Å². The van der Waals surface area contributed by atoms with Crippen molar-refractivity contribution in [1.82, 2.24) is 4.90 Å². The van der Waals surface area contributed by atoms with Crippen LogP contribution in [0.3, 0.4) is 0 Å². The third kappa shape index (κ3) is 3.29. The number of amides is 2. The Morgan fingerprint density at radius 2 is 2.17 bits per heavy atom. The Hall–Kier alpha value is -2.14. The first-order chi connectivity index (χ1) is 11.1. The highest BCUT2D eigenvalue weighted by Gasteiger charge is 2.34. The van der Waals surface area contributed by atoms with Gasteiger partial charge in [0, 0.05) is 31.4 Å². The van der Waals surface area contributed by atoms with Crippen molar-refractivity contribution in [2.45, 2.75) is 12.2 Å². The Morgan fingerprint density at radius 3 is 2.78 bits per heavy atom. The number of hydrogen-bond acceptors (Lipinski definition) is 5. The van der Waals surface area contributed by atoms with E-state index in [1.54, 1.807) is 30.1 Å². The lowest BCUT2D eigenvalue weighted by Crippen LogP contribution is -2.47. The molecular weight excluding hydrogens is 298 g/mol. The van der Waals surface area contributed by atoms with Gasteiger partial charge in [0.25, 0.3) is 0 Å². The minimum absolute atomic E-state index is 0.124. The molecule has 1 aromatic carbocycles. The van der Waals surface area contributed by atoms with Crippen molar-refractivity contribution in [3.8, 4) is 6.07 Å². The molecule has 7 nitrogen and oxygen atoms in total. The van der Waals surface area contributed by atoms with E-state index in [9.17, 15) is 15.2 Å². The van der Waals surface area contributed by atoms with E-state index < -0.39 is 6.10 Å². The summed E-state index contributed by atoms with van der Waals surface area (Å²) in [4.78, 5) is 15.8. The van der Waals surface area contributed by atoms with Gasteiger partial charge in [-0.15, -0.1) is 0 Å². The third-order valence-corrected chi connectivity index (χ3v) is 4.14. The molecule has 122 valence electrons. The average molecular weight is 317 g/mol. The Balaban J connectivity index is 1.82. The highest BCUT2D eigenvalue weighted by molar-refractivity contribution is 5.91. The summed E-state index contributed by atoms with van der Waals surface area (Å²) in [6.45, 7) is 2.68. The summed E-state index contributed by atoms with van der Waals surface area (Å²) in [5, 5.41) is 19.5. The van der Waals surface area contributed by atoms with Gasteiger partial charge < -0.3 is 19.5 Å². The fourth-order valence-electron chi connectivity index (χ4n) is 2.62. The van der Waals surface area contributed by atoms with Crippen LogP contribution in [-0.4, -0.2) is 62.1 Å². The molecule has 7 heteroatoms. The number of anilines is 1. The van der Waals surface area contributed by atoms with Gasteiger partial charge in [0.15, 0.2) is 0 Å². The first-order valence-electron chi connectivity index (χ1n) is 7.56. The molecule has 0 aliphatic carbocycles. The second kappa shape index (κ2) is 6.54. The number of morpholine rings is 1. The molecule has 2 aliphatic heterocycles. The Morgan fingerprint density at radius 1 is 1.48 bits per heavy atom. The Bertz CT molecular complexity index is 633. The van der Waals surface area contributed by atoms with Crippen molar-refractivity contribution in [2.24, 2.45) is 0 Å². The zero-order valence-corrected chi connectivity index (χ0v) is 12.9. The van der Waals surface area contributed by atoms with Crippen molar-refractivity contribution in [1.29, 1.82) is 5.26 Å². The van der Waals surface area contributed by atoms with Crippen molar-refractivity contribution in [2.75, 3.05) is 44.9 Å². The van der Waals surface area contributed by atoms with Gasteiger partial charge in [-0.05, 0) is 18.2 Å². The maximum absolute atomic E-state index is 12.5. The number of aliphatic hydroxyl groups is 1. The van der Waals surface area contributed by atoms with Crippen LogP contribution in [0.5, 0.6) is 0 Å². The fourth-order valence-corrected chi connectivity index (χ4v) is 2.62. The zero-order valence-electron chi connectivity index (χ0n) is 12.9. The summed E-state index contributed by atoms with van der Waals surface area (Å²) in [6.07, 6.45) is -1.12. The standard InChI is InChI=1S/C16H19N3O4/c1-18(16(21)19-4-6-22-7-5-19)12-3-2-11(9-17)13(8-12)15(20)14-10-23-14/h2-3,8,14-15,20H,4-7,10H2,1H3. The van der Waals surface area contributed by atoms with Crippen LogP contribution in [-0.2, 0) is 9.47 Å². The summed E-state index contributed by atoms with van der Waals surface area (Å²) in [7, 11) is 1.68. The van der Waals surface area contributed by atoms with Crippen LogP contribution in [0.4, 0.5) is 10.5 Å². The highest BCUT2D eigenvalue weighted by Crippen LogP contribution is 2.32. The molecule has 0 spiro atoms. The molecule has 2 heterocycles. The molecule has 1 N–H and O–H groups in total. The van der Waals surface area contributed by atoms with Crippen LogP contribution in [0.25, 0.3) is 0 Å². The van der Waals surface area contributed by atoms with Crippen LogP contribution < -0.4 is 4.90 Å². The van der Waals surface area contributed by atoms with Gasteiger partial charge in [-0.25, -0.2) is 4.79 Å². The molecule has 2 aliphatic rings. The first kappa shape index (κ1) is 15.7. The van der Waals surface area contributed by atoms with Gasteiger partial charge in [0.2, 0.25) is 0 Å². The molecule has 2 unspecified atom stereocenters. The van der Waals surface area contributed by atoms with Gasteiger partial charge in [-0.3, -0.25) is 4.90 Å². The van der Waals surface area contributed by atoms with Crippen LogP contribution >= 0.6 is 0 Å². The number of ether oxygens (including phenoxy) is 2. The Kier molecular flexibility index (Phi) is 4.48. The number of urea groups is 1. The van der Waals surface area contributed by atoms with Crippen molar-refractivity contribution in [3.63, 3.8) is 0 Å². The molecule has 2 saturated heterocycles. The number of aliphatic hydroxyl groups excluding tert-OH is 1. The Labute approximate surface area is 134 Å². The number of nitriles is 1. The van der Waals surface area contributed by atoms with Crippen LogP contribution in [0, 0.1) is 11.3 Å². The predicted molar refractivity (Wildman–Crippen MR) is 82.0 cm³/mol. The number of nitrogens with zero attached hydrogens (tertiary/aromatic N) is 3. The molecule has 2 atom stereocenters. The van der Waals surface area contributed by atoms with Gasteiger partial charge in [0.1, 0.15) is 12.2 Å². The minimum atomic E-state index is -0.850. The van der Waals surface area contributed by atoms with Crippen molar-refractivity contribution in [3.05, 3.63) is 29.3 Å². The number of hydrogen-bond donors (Lipinski definition) is 1. The topological polar surface area (TPSA) is 89.3 Å². The van der Waals surface area contributed by atoms with E-state index in [2.05, 4.69) is 6.07 Å². The fraction of sp³-hybridized carbons (Fsp3) is 0.500. The van der Waals surface area contributed by atoms with Crippen LogP contribution in [0.15, 0.2) is 18.2 Å². The van der Waals surface area contributed by atoms with Gasteiger partial charge in [-0.2, -0.15) is 5.26 Å². The van der Waals surface area contributed by atoms with E-state index in [0.717, 1.165) is 0 Å². The molecule has 2 amide bonds. The van der Waals surface area contributed by atoms with Crippen molar-refractivity contribution < 1.29 is 19.4 Å². The van der Waals surface area contributed by atoms with E-state index in [-0.39, 0.29) is 12.1 Å². The SMILES string of the molecule is CN(C(=O)N1CCOCC1)c1ccc(C#N)c(C(O)C2CO2)c1. The first-order valence-corrected chi connectivity index (χ1v) is 7.56. The maximum Gasteiger partial charge on any atom is 0.324 e. The van der Waals surface area contributed by atoms with Crippen LogP contribution in [0.1, 0.15) is 17.2 Å². The van der Waals surface area contributed by atoms with E-state index in [1.165, 1.54) is 4.90 Å². The summed E-state index contributed by atoms with van der Waals surface area (Å²) in [5.74, 6) is 0. The normalized spacial score (nSPS) is 21.4. The maximum atomic E-state index is 12.5. The van der Waals surface area contributed by atoms with Crippen LogP contribution in [0.2, 0.25) is 0 Å². The number of carbonyl (C=O) groups excluding carboxylic acids is 1. The van der Waals surface area contributed by atoms with Gasteiger partial charge >= 0.3 is 6.03 Å². The molecule has 23 heavy (non-hydrogen) atoms. The molecule has 0 saturated carbocycles. The molecule has 0 bridgehead atoms. The summed E-state index contributed by atoms with van der Waals surface area (Å²) < 4.78 is 10.4. The summed E-state index contributed by atoms with van der Waals surface area (Å²) in [6, 6.07) is 6.97. The molecule has 2 fully saturated rings.